The van der Waals surface area contributed by atoms with Crippen LogP contribution in [0, 0.1) is 5.92 Å². The summed E-state index contributed by atoms with van der Waals surface area (Å²) in [5.74, 6) is -1.34. The standard InChI is InChI=1S/C23H43NO5/c1-4-6-8-10-12-21(26)18-24(16-17-25,15-14-20(3)23(28)29)19-22(27)13-11-9-7-5-2/h4-5,20-22,25-27H,1-2,6-19H2,3H3/p+1. The molecule has 0 rings (SSSR count). The summed E-state index contributed by atoms with van der Waals surface area (Å²) in [6.07, 6.45) is 9.98. The zero-order valence-electron chi connectivity index (χ0n) is 18.3. The van der Waals surface area contributed by atoms with Crippen LogP contribution in [0.15, 0.2) is 25.3 Å². The maximum absolute atomic E-state index is 11.3. The van der Waals surface area contributed by atoms with E-state index in [1.165, 1.54) is 0 Å². The first-order valence-corrected chi connectivity index (χ1v) is 11.1. The van der Waals surface area contributed by atoms with Crippen molar-refractivity contribution in [3.05, 3.63) is 25.3 Å². The number of aliphatic carboxylic acids is 1. The Morgan fingerprint density at radius 2 is 1.38 bits per heavy atom. The van der Waals surface area contributed by atoms with Crippen molar-refractivity contribution < 1.29 is 29.7 Å². The summed E-state index contributed by atoms with van der Waals surface area (Å²) in [6.45, 7) is 10.8. The van der Waals surface area contributed by atoms with Crippen LogP contribution in [0.2, 0.25) is 0 Å². The molecule has 3 unspecified atom stereocenters. The summed E-state index contributed by atoms with van der Waals surface area (Å²) >= 11 is 0. The summed E-state index contributed by atoms with van der Waals surface area (Å²) in [5.41, 5.74) is 0. The number of unbranched alkanes of at least 4 members (excludes halogenated alkanes) is 4. The van der Waals surface area contributed by atoms with Crippen LogP contribution in [0.5, 0.6) is 0 Å². The van der Waals surface area contributed by atoms with Gasteiger partial charge in [0.15, 0.2) is 0 Å². The Balaban J connectivity index is 5.07. The molecule has 4 N–H and O–H groups in total. The van der Waals surface area contributed by atoms with Crippen molar-refractivity contribution in [2.24, 2.45) is 5.92 Å². The van der Waals surface area contributed by atoms with E-state index in [1.807, 2.05) is 12.2 Å². The number of carboxylic acids is 1. The van der Waals surface area contributed by atoms with E-state index < -0.39 is 24.1 Å². The van der Waals surface area contributed by atoms with Crippen LogP contribution in [-0.4, -0.2) is 75.9 Å². The van der Waals surface area contributed by atoms with Crippen LogP contribution < -0.4 is 0 Å². The van der Waals surface area contributed by atoms with Crippen LogP contribution in [0.25, 0.3) is 0 Å². The molecule has 0 aromatic heterocycles. The minimum Gasteiger partial charge on any atom is -0.481 e. The predicted molar refractivity (Wildman–Crippen MR) is 118 cm³/mol. The van der Waals surface area contributed by atoms with Crippen LogP contribution in [0.1, 0.15) is 64.7 Å². The molecule has 0 spiro atoms. The molecule has 0 amide bonds. The van der Waals surface area contributed by atoms with E-state index in [0.717, 1.165) is 38.5 Å². The molecule has 0 aliphatic heterocycles. The zero-order valence-corrected chi connectivity index (χ0v) is 18.3. The molecule has 0 saturated carbocycles. The van der Waals surface area contributed by atoms with Gasteiger partial charge in [-0.1, -0.05) is 31.9 Å². The highest BCUT2D eigenvalue weighted by Crippen LogP contribution is 2.19. The topological polar surface area (TPSA) is 98.0 Å². The average Bonchev–Trinajstić information content (AvgIpc) is 2.67. The molecule has 0 fully saturated rings. The Labute approximate surface area is 177 Å². The number of nitrogens with zero attached hydrogens (tertiary/aromatic N) is 1. The lowest BCUT2D eigenvalue weighted by Crippen LogP contribution is -2.58. The molecule has 0 aliphatic carbocycles. The Hall–Kier alpha value is -1.21. The van der Waals surface area contributed by atoms with E-state index in [1.54, 1.807) is 6.92 Å². The number of quaternary nitrogens is 1. The normalized spacial score (nSPS) is 16.6. The summed E-state index contributed by atoms with van der Waals surface area (Å²) in [5, 5.41) is 40.1. The Morgan fingerprint density at radius 3 is 1.76 bits per heavy atom. The first-order valence-electron chi connectivity index (χ1n) is 11.1. The van der Waals surface area contributed by atoms with Gasteiger partial charge in [-0.3, -0.25) is 4.79 Å². The van der Waals surface area contributed by atoms with Crippen LogP contribution >= 0.6 is 0 Å². The lowest BCUT2D eigenvalue weighted by atomic mass is 10.0. The van der Waals surface area contributed by atoms with Gasteiger partial charge in [-0.2, -0.15) is 0 Å². The van der Waals surface area contributed by atoms with Crippen molar-refractivity contribution in [3.8, 4) is 0 Å². The second-order valence-electron chi connectivity index (χ2n) is 8.36. The first-order chi connectivity index (χ1) is 13.8. The SMILES string of the molecule is C=CCCCCC(O)C[N+](CCO)(CCC(C)C(=O)O)CC(O)CCCCC=C. The lowest BCUT2D eigenvalue weighted by Gasteiger charge is -2.41. The fraction of sp³-hybridized carbons (Fsp3) is 0.783. The Kier molecular flexibility index (Phi) is 15.9. The van der Waals surface area contributed by atoms with Gasteiger partial charge in [0.1, 0.15) is 31.8 Å². The number of hydrogen-bond acceptors (Lipinski definition) is 4. The fourth-order valence-corrected chi connectivity index (χ4v) is 3.77. The Morgan fingerprint density at radius 1 is 0.897 bits per heavy atom. The third kappa shape index (κ3) is 13.6. The molecule has 0 radical (unpaired) electrons. The summed E-state index contributed by atoms with van der Waals surface area (Å²) in [6, 6.07) is 0. The number of allylic oxidation sites excluding steroid dienone is 2. The second-order valence-corrected chi connectivity index (χ2v) is 8.36. The maximum atomic E-state index is 11.3. The minimum absolute atomic E-state index is 0.0617. The number of aliphatic hydroxyl groups is 3. The molecule has 0 saturated heterocycles. The smallest absolute Gasteiger partial charge is 0.306 e. The van der Waals surface area contributed by atoms with E-state index in [4.69, 9.17) is 0 Å². The van der Waals surface area contributed by atoms with Gasteiger partial charge in [0.25, 0.3) is 0 Å². The fourth-order valence-electron chi connectivity index (χ4n) is 3.77. The highest BCUT2D eigenvalue weighted by Gasteiger charge is 2.33. The van der Waals surface area contributed by atoms with Gasteiger partial charge in [-0.05, 0) is 38.5 Å². The summed E-state index contributed by atoms with van der Waals surface area (Å²) in [7, 11) is 0. The van der Waals surface area contributed by atoms with Gasteiger partial charge in [0.05, 0.1) is 19.1 Å². The van der Waals surface area contributed by atoms with Crippen LogP contribution in [0.3, 0.4) is 0 Å². The predicted octanol–water partition coefficient (Wildman–Crippen LogP) is 3.12. The highest BCUT2D eigenvalue weighted by molar-refractivity contribution is 5.69. The number of carbonyl (C=O) groups is 1. The van der Waals surface area contributed by atoms with Gasteiger partial charge < -0.3 is 24.9 Å². The molecule has 6 nitrogen and oxygen atoms in total. The maximum Gasteiger partial charge on any atom is 0.306 e. The molecule has 170 valence electrons. The van der Waals surface area contributed by atoms with Gasteiger partial charge >= 0.3 is 5.97 Å². The van der Waals surface area contributed by atoms with E-state index in [-0.39, 0.29) is 6.61 Å². The number of carboxylic acid groups (broad SMARTS) is 1. The van der Waals surface area contributed by atoms with Crippen LogP contribution in [-0.2, 0) is 4.79 Å². The first kappa shape index (κ1) is 27.8. The summed E-state index contributed by atoms with van der Waals surface area (Å²) < 4.78 is 0.347. The number of hydrogen-bond donors (Lipinski definition) is 4. The molecule has 0 heterocycles. The molecule has 0 aromatic carbocycles. The molecular formula is C23H44NO5+. The molecule has 0 bridgehead atoms. The monoisotopic (exact) mass is 414 g/mol. The zero-order chi connectivity index (χ0) is 22.1. The quantitative estimate of drug-likeness (QED) is 0.139. The Bertz CT molecular complexity index is 431. The van der Waals surface area contributed by atoms with Crippen molar-refractivity contribution in [1.29, 1.82) is 0 Å². The van der Waals surface area contributed by atoms with Crippen molar-refractivity contribution in [2.75, 3.05) is 32.8 Å². The number of rotatable bonds is 20. The van der Waals surface area contributed by atoms with Crippen molar-refractivity contribution >= 4 is 5.97 Å². The highest BCUT2D eigenvalue weighted by atomic mass is 16.4. The number of aliphatic hydroxyl groups excluding tert-OH is 3. The molecule has 6 heteroatoms. The van der Waals surface area contributed by atoms with Crippen molar-refractivity contribution in [3.63, 3.8) is 0 Å². The van der Waals surface area contributed by atoms with E-state index in [9.17, 15) is 25.2 Å². The molecule has 3 atom stereocenters. The van der Waals surface area contributed by atoms with E-state index in [2.05, 4.69) is 13.2 Å². The van der Waals surface area contributed by atoms with Crippen molar-refractivity contribution in [2.45, 2.75) is 76.9 Å². The third-order valence-corrected chi connectivity index (χ3v) is 5.62. The average molecular weight is 415 g/mol. The minimum atomic E-state index is -0.845. The van der Waals surface area contributed by atoms with Gasteiger partial charge in [-0.15, -0.1) is 13.2 Å². The van der Waals surface area contributed by atoms with Gasteiger partial charge in [-0.25, -0.2) is 0 Å². The second kappa shape index (κ2) is 16.6. The van der Waals surface area contributed by atoms with Gasteiger partial charge in [0.2, 0.25) is 0 Å². The lowest BCUT2D eigenvalue weighted by molar-refractivity contribution is -0.934. The molecular weight excluding hydrogens is 370 g/mol. The van der Waals surface area contributed by atoms with E-state index >= 15 is 0 Å². The summed E-state index contributed by atoms with van der Waals surface area (Å²) in [4.78, 5) is 11.3. The van der Waals surface area contributed by atoms with Crippen LogP contribution in [0.4, 0.5) is 0 Å². The largest absolute Gasteiger partial charge is 0.481 e. The van der Waals surface area contributed by atoms with Gasteiger partial charge in [0, 0.05) is 6.42 Å². The van der Waals surface area contributed by atoms with Crippen molar-refractivity contribution in [1.82, 2.24) is 0 Å². The molecule has 29 heavy (non-hydrogen) atoms. The molecule has 0 aromatic rings. The van der Waals surface area contributed by atoms with E-state index in [0.29, 0.717) is 49.9 Å². The third-order valence-electron chi connectivity index (χ3n) is 5.62. The molecule has 0 aliphatic rings.